The molecule has 1 aliphatic rings. The minimum atomic E-state index is -0.598. The van der Waals surface area contributed by atoms with Crippen molar-refractivity contribution in [3.8, 4) is 0 Å². The van der Waals surface area contributed by atoms with Crippen molar-refractivity contribution in [3.05, 3.63) is 28.5 Å². The van der Waals surface area contributed by atoms with Crippen LogP contribution in [-0.4, -0.2) is 11.8 Å². The number of rotatable bonds is 5. The van der Waals surface area contributed by atoms with E-state index in [1.165, 1.54) is 6.07 Å². The SMILES string of the molecule is CCC1(CCCCCl)C(=O)Nc2cc(F)c(Cl)cc21. The third-order valence-corrected chi connectivity index (χ3v) is 4.41. The number of carbonyl (C=O) groups excluding carboxylic acids is 1. The number of nitrogens with one attached hydrogen (secondary N) is 1. The van der Waals surface area contributed by atoms with Crippen molar-refractivity contribution in [2.24, 2.45) is 0 Å². The Morgan fingerprint density at radius 1 is 1.37 bits per heavy atom. The monoisotopic (exact) mass is 303 g/mol. The predicted molar refractivity (Wildman–Crippen MR) is 76.6 cm³/mol. The number of carbonyl (C=O) groups is 1. The lowest BCUT2D eigenvalue weighted by atomic mass is 9.75. The summed E-state index contributed by atoms with van der Waals surface area (Å²) in [7, 11) is 0. The fraction of sp³-hybridized carbons (Fsp3) is 0.500. The van der Waals surface area contributed by atoms with Crippen molar-refractivity contribution in [1.29, 1.82) is 0 Å². The van der Waals surface area contributed by atoms with Gasteiger partial charge in [-0.2, -0.15) is 0 Å². The molecule has 1 unspecified atom stereocenters. The van der Waals surface area contributed by atoms with E-state index in [1.807, 2.05) is 6.92 Å². The number of benzene rings is 1. The Labute approximate surface area is 122 Å². The third kappa shape index (κ3) is 2.46. The van der Waals surface area contributed by atoms with Gasteiger partial charge in [0.2, 0.25) is 5.91 Å². The van der Waals surface area contributed by atoms with Crippen LogP contribution >= 0.6 is 23.2 Å². The average molecular weight is 304 g/mol. The number of unbranched alkanes of at least 4 members (excludes halogenated alkanes) is 1. The van der Waals surface area contributed by atoms with Crippen LogP contribution in [0.5, 0.6) is 0 Å². The fourth-order valence-electron chi connectivity index (χ4n) is 2.71. The van der Waals surface area contributed by atoms with Gasteiger partial charge in [-0.3, -0.25) is 4.79 Å². The maximum atomic E-state index is 13.5. The van der Waals surface area contributed by atoms with Crippen molar-refractivity contribution < 1.29 is 9.18 Å². The quantitative estimate of drug-likeness (QED) is 0.630. The minimum Gasteiger partial charge on any atom is -0.325 e. The first-order chi connectivity index (χ1) is 9.05. The highest BCUT2D eigenvalue weighted by Crippen LogP contribution is 2.45. The summed E-state index contributed by atoms with van der Waals surface area (Å²) in [6.07, 6.45) is 3.09. The van der Waals surface area contributed by atoms with Crippen LogP contribution in [0.1, 0.15) is 38.2 Å². The van der Waals surface area contributed by atoms with Crippen LogP contribution in [0.25, 0.3) is 0 Å². The highest BCUT2D eigenvalue weighted by molar-refractivity contribution is 6.31. The van der Waals surface area contributed by atoms with E-state index >= 15 is 0 Å². The van der Waals surface area contributed by atoms with Gasteiger partial charge >= 0.3 is 0 Å². The molecule has 2 nitrogen and oxygen atoms in total. The summed E-state index contributed by atoms with van der Waals surface area (Å²) in [5.41, 5.74) is 0.749. The molecule has 0 aromatic heterocycles. The van der Waals surface area contributed by atoms with Gasteiger partial charge in [-0.1, -0.05) is 24.9 Å². The summed E-state index contributed by atoms with van der Waals surface area (Å²) in [5.74, 6) is 0.00736. The number of hydrogen-bond acceptors (Lipinski definition) is 1. The lowest BCUT2D eigenvalue weighted by molar-refractivity contribution is -0.121. The highest BCUT2D eigenvalue weighted by Gasteiger charge is 2.45. The molecular formula is C14H16Cl2FNO. The van der Waals surface area contributed by atoms with E-state index in [0.29, 0.717) is 24.4 Å². The Hall–Kier alpha value is -0.800. The van der Waals surface area contributed by atoms with Gasteiger partial charge in [0.15, 0.2) is 0 Å². The van der Waals surface area contributed by atoms with Gasteiger partial charge in [0.25, 0.3) is 0 Å². The molecule has 5 heteroatoms. The number of anilines is 1. The van der Waals surface area contributed by atoms with Gasteiger partial charge in [-0.15, -0.1) is 11.6 Å². The second-order valence-corrected chi connectivity index (χ2v) is 5.63. The number of fused-ring (bicyclic) bond motifs is 1. The molecule has 0 aliphatic carbocycles. The third-order valence-electron chi connectivity index (χ3n) is 3.85. The van der Waals surface area contributed by atoms with Crippen molar-refractivity contribution >= 4 is 34.8 Å². The first-order valence-corrected chi connectivity index (χ1v) is 7.33. The molecule has 2 rings (SSSR count). The van der Waals surface area contributed by atoms with Gasteiger partial charge in [-0.25, -0.2) is 4.39 Å². The van der Waals surface area contributed by atoms with Crippen molar-refractivity contribution in [1.82, 2.24) is 0 Å². The Balaban J connectivity index is 2.40. The number of amides is 1. The Bertz CT molecular complexity index is 506. The minimum absolute atomic E-state index is 0.0606. The van der Waals surface area contributed by atoms with Crippen LogP contribution in [-0.2, 0) is 10.2 Å². The highest BCUT2D eigenvalue weighted by atomic mass is 35.5. The van der Waals surface area contributed by atoms with Crippen molar-refractivity contribution in [2.45, 2.75) is 38.0 Å². The molecule has 1 atom stereocenters. The number of halogens is 3. The molecule has 104 valence electrons. The Morgan fingerprint density at radius 3 is 2.74 bits per heavy atom. The van der Waals surface area contributed by atoms with E-state index in [4.69, 9.17) is 23.2 Å². The Kier molecular flexibility index (Phi) is 4.36. The van der Waals surface area contributed by atoms with Gasteiger partial charge in [0.05, 0.1) is 10.4 Å². The molecule has 1 amide bonds. The largest absolute Gasteiger partial charge is 0.325 e. The molecule has 0 fully saturated rings. The number of alkyl halides is 1. The first-order valence-electron chi connectivity index (χ1n) is 6.42. The summed E-state index contributed by atoms with van der Waals surface area (Å²) >= 11 is 11.5. The summed E-state index contributed by atoms with van der Waals surface area (Å²) in [6.45, 7) is 1.96. The summed E-state index contributed by atoms with van der Waals surface area (Å²) in [6, 6.07) is 2.88. The van der Waals surface area contributed by atoms with Crippen LogP contribution in [0.4, 0.5) is 10.1 Å². The zero-order valence-corrected chi connectivity index (χ0v) is 12.2. The molecule has 0 saturated carbocycles. The first kappa shape index (κ1) is 14.6. The van der Waals surface area contributed by atoms with E-state index < -0.39 is 11.2 Å². The van der Waals surface area contributed by atoms with Crippen LogP contribution in [0, 0.1) is 5.82 Å². The molecule has 1 N–H and O–H groups in total. The molecule has 1 aromatic carbocycles. The maximum absolute atomic E-state index is 13.5. The summed E-state index contributed by atoms with van der Waals surface area (Å²) < 4.78 is 13.5. The van der Waals surface area contributed by atoms with E-state index in [9.17, 15) is 9.18 Å². The maximum Gasteiger partial charge on any atom is 0.235 e. The van der Waals surface area contributed by atoms with Crippen LogP contribution in [0.3, 0.4) is 0 Å². The smallest absolute Gasteiger partial charge is 0.235 e. The van der Waals surface area contributed by atoms with Gasteiger partial charge < -0.3 is 5.32 Å². The lowest BCUT2D eigenvalue weighted by Gasteiger charge is -2.26. The summed E-state index contributed by atoms with van der Waals surface area (Å²) in [5, 5.41) is 2.82. The molecule has 0 saturated heterocycles. The normalized spacial score (nSPS) is 21.4. The van der Waals surface area contributed by atoms with Crippen molar-refractivity contribution in [2.75, 3.05) is 11.2 Å². The molecule has 1 aliphatic heterocycles. The van der Waals surface area contributed by atoms with Crippen LogP contribution in [0.2, 0.25) is 5.02 Å². The molecule has 0 radical (unpaired) electrons. The van der Waals surface area contributed by atoms with Crippen LogP contribution in [0.15, 0.2) is 12.1 Å². The van der Waals surface area contributed by atoms with Gasteiger partial charge in [-0.05, 0) is 37.0 Å². The predicted octanol–water partition coefficient (Wildman–Crippen LogP) is 4.49. The van der Waals surface area contributed by atoms with E-state index in [1.54, 1.807) is 6.07 Å². The van der Waals surface area contributed by atoms with Gasteiger partial charge in [0.1, 0.15) is 5.82 Å². The molecule has 1 heterocycles. The summed E-state index contributed by atoms with van der Waals surface area (Å²) in [4.78, 5) is 12.3. The zero-order chi connectivity index (χ0) is 14.0. The van der Waals surface area contributed by atoms with E-state index in [-0.39, 0.29) is 10.9 Å². The molecular weight excluding hydrogens is 288 g/mol. The second kappa shape index (κ2) is 5.68. The molecule has 0 spiro atoms. The molecule has 0 bridgehead atoms. The van der Waals surface area contributed by atoms with E-state index in [0.717, 1.165) is 18.4 Å². The average Bonchev–Trinajstić information content (AvgIpc) is 2.64. The lowest BCUT2D eigenvalue weighted by Crippen LogP contribution is -2.33. The van der Waals surface area contributed by atoms with Crippen molar-refractivity contribution in [3.63, 3.8) is 0 Å². The zero-order valence-electron chi connectivity index (χ0n) is 10.7. The van der Waals surface area contributed by atoms with E-state index in [2.05, 4.69) is 5.32 Å². The molecule has 19 heavy (non-hydrogen) atoms. The Morgan fingerprint density at radius 2 is 2.11 bits per heavy atom. The fourth-order valence-corrected chi connectivity index (χ4v) is 3.06. The standard InChI is InChI=1S/C14H16Cl2FNO/c1-2-14(5-3-4-6-15)9-7-10(16)11(17)8-12(9)18-13(14)19/h7-8H,2-6H2,1H3,(H,18,19). The van der Waals surface area contributed by atoms with Gasteiger partial charge in [0, 0.05) is 11.6 Å². The topological polar surface area (TPSA) is 29.1 Å². The second-order valence-electron chi connectivity index (χ2n) is 4.85. The number of hydrogen-bond donors (Lipinski definition) is 1. The van der Waals surface area contributed by atoms with Crippen LogP contribution < -0.4 is 5.32 Å². The molecule has 1 aromatic rings.